The summed E-state index contributed by atoms with van der Waals surface area (Å²) in [5.74, 6) is 0.886. The first-order valence-corrected chi connectivity index (χ1v) is 6.04. The molecule has 0 saturated carbocycles. The zero-order chi connectivity index (χ0) is 11.5. The van der Waals surface area contributed by atoms with Crippen molar-refractivity contribution in [1.82, 2.24) is 4.90 Å². The lowest BCUT2D eigenvalue weighted by molar-refractivity contribution is 0.0759. The van der Waals surface area contributed by atoms with Crippen molar-refractivity contribution in [2.24, 2.45) is 0 Å². The van der Waals surface area contributed by atoms with Gasteiger partial charge in [0.2, 0.25) is 0 Å². The molecule has 2 rings (SSSR count). The molecule has 0 N–H and O–H groups in total. The van der Waals surface area contributed by atoms with Gasteiger partial charge >= 0.3 is 0 Å². The van der Waals surface area contributed by atoms with Gasteiger partial charge in [0.25, 0.3) is 5.91 Å². The van der Waals surface area contributed by atoms with Crippen molar-refractivity contribution < 1.29 is 9.21 Å². The number of carbonyl (C=O) groups excluding carboxylic acids is 1. The molecule has 1 fully saturated rings. The lowest BCUT2D eigenvalue weighted by atomic mass is 10.1. The van der Waals surface area contributed by atoms with Crippen LogP contribution in [0.1, 0.15) is 47.4 Å². The van der Waals surface area contributed by atoms with Crippen molar-refractivity contribution in [2.45, 2.75) is 39.5 Å². The minimum absolute atomic E-state index is 0.144. The van der Waals surface area contributed by atoms with E-state index in [4.69, 9.17) is 4.42 Å². The van der Waals surface area contributed by atoms with Gasteiger partial charge < -0.3 is 9.32 Å². The van der Waals surface area contributed by atoms with Crippen LogP contribution < -0.4 is 0 Å². The number of rotatable bonds is 1. The minimum Gasteiger partial charge on any atom is -0.469 e. The van der Waals surface area contributed by atoms with E-state index in [0.717, 1.165) is 42.8 Å². The second-order valence-electron chi connectivity index (χ2n) is 4.56. The molecular weight excluding hydrogens is 202 g/mol. The summed E-state index contributed by atoms with van der Waals surface area (Å²) >= 11 is 0. The SMILES string of the molecule is Cc1coc(C)c1C(=O)N1CCCCCC1. The van der Waals surface area contributed by atoms with Crippen LogP contribution in [-0.4, -0.2) is 23.9 Å². The highest BCUT2D eigenvalue weighted by molar-refractivity contribution is 5.96. The fourth-order valence-electron chi connectivity index (χ4n) is 2.32. The molecule has 16 heavy (non-hydrogen) atoms. The van der Waals surface area contributed by atoms with Crippen LogP contribution in [0.25, 0.3) is 0 Å². The van der Waals surface area contributed by atoms with Crippen molar-refractivity contribution in [3.05, 3.63) is 23.2 Å². The topological polar surface area (TPSA) is 33.5 Å². The van der Waals surface area contributed by atoms with Crippen molar-refractivity contribution >= 4 is 5.91 Å². The molecule has 0 bridgehead atoms. The molecule has 3 nitrogen and oxygen atoms in total. The molecule has 3 heteroatoms. The number of furan rings is 1. The first-order valence-electron chi connectivity index (χ1n) is 6.04. The molecule has 0 spiro atoms. The Bertz CT molecular complexity index is 354. The summed E-state index contributed by atoms with van der Waals surface area (Å²) in [6, 6.07) is 0. The van der Waals surface area contributed by atoms with Crippen molar-refractivity contribution in [3.63, 3.8) is 0 Å². The van der Waals surface area contributed by atoms with Gasteiger partial charge in [-0.25, -0.2) is 0 Å². The predicted molar refractivity (Wildman–Crippen MR) is 62.6 cm³/mol. The van der Waals surface area contributed by atoms with Crippen LogP contribution in [0.3, 0.4) is 0 Å². The second kappa shape index (κ2) is 4.73. The Morgan fingerprint density at radius 3 is 2.31 bits per heavy atom. The molecular formula is C13H19NO2. The van der Waals surface area contributed by atoms with Gasteiger partial charge in [-0.3, -0.25) is 4.79 Å². The highest BCUT2D eigenvalue weighted by Gasteiger charge is 2.22. The largest absolute Gasteiger partial charge is 0.469 e. The standard InChI is InChI=1S/C13H19NO2/c1-10-9-16-11(2)12(10)13(15)14-7-5-3-4-6-8-14/h9H,3-8H2,1-2H3. The quantitative estimate of drug-likeness (QED) is 0.730. The average Bonchev–Trinajstić information content (AvgIpc) is 2.51. The van der Waals surface area contributed by atoms with Crippen LogP contribution in [0.2, 0.25) is 0 Å². The monoisotopic (exact) mass is 221 g/mol. The van der Waals surface area contributed by atoms with E-state index >= 15 is 0 Å². The molecule has 1 aromatic heterocycles. The third-order valence-electron chi connectivity index (χ3n) is 3.27. The number of likely N-dealkylation sites (tertiary alicyclic amines) is 1. The molecule has 1 amide bonds. The Labute approximate surface area is 96.4 Å². The van der Waals surface area contributed by atoms with E-state index in [1.807, 2.05) is 18.7 Å². The van der Waals surface area contributed by atoms with E-state index in [9.17, 15) is 4.79 Å². The Balaban J connectivity index is 2.17. The van der Waals surface area contributed by atoms with E-state index in [0.29, 0.717) is 0 Å². The fourth-order valence-corrected chi connectivity index (χ4v) is 2.32. The molecule has 0 unspecified atom stereocenters. The maximum Gasteiger partial charge on any atom is 0.257 e. The van der Waals surface area contributed by atoms with Gasteiger partial charge in [0.05, 0.1) is 11.8 Å². The molecule has 1 saturated heterocycles. The lowest BCUT2D eigenvalue weighted by Gasteiger charge is -2.20. The van der Waals surface area contributed by atoms with Gasteiger partial charge in [0, 0.05) is 18.7 Å². The molecule has 0 aromatic carbocycles. The number of hydrogen-bond acceptors (Lipinski definition) is 2. The summed E-state index contributed by atoms with van der Waals surface area (Å²) in [4.78, 5) is 14.3. The van der Waals surface area contributed by atoms with Crippen molar-refractivity contribution in [2.75, 3.05) is 13.1 Å². The first kappa shape index (κ1) is 11.2. The Kier molecular flexibility index (Phi) is 3.32. The van der Waals surface area contributed by atoms with Gasteiger partial charge in [-0.15, -0.1) is 0 Å². The lowest BCUT2D eigenvalue weighted by Crippen LogP contribution is -2.32. The van der Waals surface area contributed by atoms with Crippen molar-refractivity contribution in [3.8, 4) is 0 Å². The van der Waals surface area contributed by atoms with E-state index in [1.54, 1.807) is 6.26 Å². The molecule has 1 aromatic rings. The predicted octanol–water partition coefficient (Wildman–Crippen LogP) is 2.91. The summed E-state index contributed by atoms with van der Waals surface area (Å²) < 4.78 is 5.29. The van der Waals surface area contributed by atoms with Crippen LogP contribution in [-0.2, 0) is 0 Å². The van der Waals surface area contributed by atoms with Crippen molar-refractivity contribution in [1.29, 1.82) is 0 Å². The van der Waals surface area contributed by atoms with Gasteiger partial charge in [-0.1, -0.05) is 12.8 Å². The van der Waals surface area contributed by atoms with Crippen LogP contribution in [0.15, 0.2) is 10.7 Å². The number of nitrogens with zero attached hydrogens (tertiary/aromatic N) is 1. The van der Waals surface area contributed by atoms with E-state index < -0.39 is 0 Å². The number of amides is 1. The summed E-state index contributed by atoms with van der Waals surface area (Å²) in [6.07, 6.45) is 6.41. The van der Waals surface area contributed by atoms with E-state index in [2.05, 4.69) is 0 Å². The third kappa shape index (κ3) is 2.13. The zero-order valence-electron chi connectivity index (χ0n) is 10.1. The van der Waals surface area contributed by atoms with Crippen LogP contribution in [0, 0.1) is 13.8 Å². The van der Waals surface area contributed by atoms with Crippen LogP contribution in [0.5, 0.6) is 0 Å². The van der Waals surface area contributed by atoms with E-state index in [1.165, 1.54) is 12.8 Å². The smallest absolute Gasteiger partial charge is 0.257 e. The summed E-state index contributed by atoms with van der Waals surface area (Å²) in [5, 5.41) is 0. The minimum atomic E-state index is 0.144. The summed E-state index contributed by atoms with van der Waals surface area (Å²) in [6.45, 7) is 5.57. The maximum absolute atomic E-state index is 12.3. The molecule has 1 aliphatic rings. The third-order valence-corrected chi connectivity index (χ3v) is 3.27. The molecule has 2 heterocycles. The molecule has 0 atom stereocenters. The second-order valence-corrected chi connectivity index (χ2v) is 4.56. The average molecular weight is 221 g/mol. The molecule has 1 aliphatic heterocycles. The number of aryl methyl sites for hydroxylation is 2. The van der Waals surface area contributed by atoms with Gasteiger partial charge in [-0.2, -0.15) is 0 Å². The zero-order valence-corrected chi connectivity index (χ0v) is 10.1. The summed E-state index contributed by atoms with van der Waals surface area (Å²) in [7, 11) is 0. The molecule has 88 valence electrons. The Morgan fingerprint density at radius 2 is 1.81 bits per heavy atom. The van der Waals surface area contributed by atoms with Gasteiger partial charge in [-0.05, 0) is 26.7 Å². The number of hydrogen-bond donors (Lipinski definition) is 0. The maximum atomic E-state index is 12.3. The highest BCUT2D eigenvalue weighted by atomic mass is 16.3. The Hall–Kier alpha value is -1.25. The fraction of sp³-hybridized carbons (Fsp3) is 0.615. The van der Waals surface area contributed by atoms with Gasteiger partial charge in [0.15, 0.2) is 0 Å². The van der Waals surface area contributed by atoms with Gasteiger partial charge in [0.1, 0.15) is 5.76 Å². The first-order chi connectivity index (χ1) is 7.70. The normalized spacial score (nSPS) is 17.2. The molecule has 0 radical (unpaired) electrons. The van der Waals surface area contributed by atoms with E-state index in [-0.39, 0.29) is 5.91 Å². The summed E-state index contributed by atoms with van der Waals surface area (Å²) in [5.41, 5.74) is 1.72. The van der Waals surface area contributed by atoms with Crippen LogP contribution in [0.4, 0.5) is 0 Å². The van der Waals surface area contributed by atoms with Crippen LogP contribution >= 0.6 is 0 Å². The number of carbonyl (C=O) groups is 1. The Morgan fingerprint density at radius 1 is 1.19 bits per heavy atom. The molecule has 0 aliphatic carbocycles. The highest BCUT2D eigenvalue weighted by Crippen LogP contribution is 2.20.